The number of methoxy groups -OCH3 is 1. The molecule has 1 N–H and O–H groups in total. The summed E-state index contributed by atoms with van der Waals surface area (Å²) in [6.07, 6.45) is 2.10. The maximum Gasteiger partial charge on any atom is 0.305 e. The zero-order chi connectivity index (χ0) is 16.8. The van der Waals surface area contributed by atoms with Crippen molar-refractivity contribution in [2.75, 3.05) is 7.11 Å². The van der Waals surface area contributed by atoms with E-state index >= 15 is 0 Å². The van der Waals surface area contributed by atoms with Crippen molar-refractivity contribution in [2.45, 2.75) is 25.9 Å². The number of pyridine rings is 1. The molecule has 0 aliphatic heterocycles. The number of phenolic OH excluding ortho intramolecular Hbond substituents is 1. The normalized spacial score (nSPS) is 11.8. The summed E-state index contributed by atoms with van der Waals surface area (Å²) in [6.45, 7) is 1.83. The van der Waals surface area contributed by atoms with Gasteiger partial charge < -0.3 is 14.6 Å². The number of benzene rings is 1. The van der Waals surface area contributed by atoms with E-state index in [9.17, 15) is 9.90 Å². The molecule has 0 saturated carbocycles. The molecule has 0 saturated heterocycles. The maximum atomic E-state index is 11.1. The zero-order valence-corrected chi connectivity index (χ0v) is 13.7. The Hall–Kier alpha value is -2.27. The van der Waals surface area contributed by atoms with Gasteiger partial charge in [-0.1, -0.05) is 11.6 Å². The van der Waals surface area contributed by atoms with E-state index < -0.39 is 0 Å². The SMILES string of the molecule is COC(=O)CCC(C)Oc1ccc(-c2ccc(Cl)cn2)cc1O. The number of ether oxygens (including phenoxy) is 2. The minimum Gasteiger partial charge on any atom is -0.504 e. The van der Waals surface area contributed by atoms with Crippen molar-refractivity contribution in [3.05, 3.63) is 41.6 Å². The van der Waals surface area contributed by atoms with Crippen LogP contribution in [0.1, 0.15) is 19.8 Å². The fraction of sp³-hybridized carbons (Fsp3) is 0.294. The van der Waals surface area contributed by atoms with Crippen molar-refractivity contribution in [3.63, 3.8) is 0 Å². The number of hydrogen-bond acceptors (Lipinski definition) is 5. The lowest BCUT2D eigenvalue weighted by Gasteiger charge is -2.15. The highest BCUT2D eigenvalue weighted by molar-refractivity contribution is 6.30. The van der Waals surface area contributed by atoms with Gasteiger partial charge in [0.05, 0.1) is 23.9 Å². The summed E-state index contributed by atoms with van der Waals surface area (Å²) in [5, 5.41) is 10.7. The number of halogens is 1. The smallest absolute Gasteiger partial charge is 0.305 e. The monoisotopic (exact) mass is 335 g/mol. The van der Waals surface area contributed by atoms with Crippen LogP contribution in [0.15, 0.2) is 36.5 Å². The van der Waals surface area contributed by atoms with Gasteiger partial charge in [-0.2, -0.15) is 0 Å². The van der Waals surface area contributed by atoms with Gasteiger partial charge in [0.2, 0.25) is 0 Å². The van der Waals surface area contributed by atoms with E-state index in [0.29, 0.717) is 22.9 Å². The second-order valence-corrected chi connectivity index (χ2v) is 5.52. The van der Waals surface area contributed by atoms with Crippen molar-refractivity contribution in [1.82, 2.24) is 4.98 Å². The van der Waals surface area contributed by atoms with Crippen molar-refractivity contribution >= 4 is 17.6 Å². The molecular weight excluding hydrogens is 318 g/mol. The van der Waals surface area contributed by atoms with Gasteiger partial charge in [-0.25, -0.2) is 0 Å². The Bertz CT molecular complexity index is 673. The molecule has 0 bridgehead atoms. The Labute approximate surface area is 139 Å². The highest BCUT2D eigenvalue weighted by Gasteiger charge is 2.12. The summed E-state index contributed by atoms with van der Waals surface area (Å²) in [7, 11) is 1.35. The highest BCUT2D eigenvalue weighted by atomic mass is 35.5. The van der Waals surface area contributed by atoms with E-state index in [2.05, 4.69) is 9.72 Å². The lowest BCUT2D eigenvalue weighted by molar-refractivity contribution is -0.141. The van der Waals surface area contributed by atoms with Crippen LogP contribution in [-0.4, -0.2) is 29.3 Å². The molecule has 0 spiro atoms. The number of carbonyl (C=O) groups excluding carboxylic acids is 1. The number of carbonyl (C=O) groups is 1. The quantitative estimate of drug-likeness (QED) is 0.812. The van der Waals surface area contributed by atoms with Crippen LogP contribution in [0, 0.1) is 0 Å². The predicted octanol–water partition coefficient (Wildman–Crippen LogP) is 3.83. The average molecular weight is 336 g/mol. The van der Waals surface area contributed by atoms with Crippen LogP contribution >= 0.6 is 11.6 Å². The summed E-state index contributed by atoms with van der Waals surface area (Å²) in [6, 6.07) is 8.57. The molecule has 1 heterocycles. The lowest BCUT2D eigenvalue weighted by atomic mass is 10.1. The lowest BCUT2D eigenvalue weighted by Crippen LogP contribution is -2.14. The number of aromatic hydroxyl groups is 1. The van der Waals surface area contributed by atoms with Crippen molar-refractivity contribution in [2.24, 2.45) is 0 Å². The van der Waals surface area contributed by atoms with Crippen LogP contribution in [0.25, 0.3) is 11.3 Å². The molecule has 2 rings (SSSR count). The summed E-state index contributed by atoms with van der Waals surface area (Å²) in [5.74, 6) is 0.0954. The first-order valence-corrected chi connectivity index (χ1v) is 7.56. The van der Waals surface area contributed by atoms with Gasteiger partial charge in [0, 0.05) is 18.2 Å². The summed E-state index contributed by atoms with van der Waals surface area (Å²) < 4.78 is 10.2. The van der Waals surface area contributed by atoms with E-state index in [0.717, 1.165) is 5.56 Å². The molecule has 0 aliphatic rings. The molecule has 122 valence electrons. The van der Waals surface area contributed by atoms with Crippen LogP contribution in [0.3, 0.4) is 0 Å². The molecule has 1 atom stereocenters. The van der Waals surface area contributed by atoms with E-state index in [1.54, 1.807) is 36.5 Å². The molecule has 0 radical (unpaired) electrons. The molecule has 0 aliphatic carbocycles. The second kappa shape index (κ2) is 7.83. The third-order valence-corrected chi connectivity index (χ3v) is 3.52. The van der Waals surface area contributed by atoms with Gasteiger partial charge in [-0.15, -0.1) is 0 Å². The number of rotatable bonds is 6. The molecule has 0 amide bonds. The van der Waals surface area contributed by atoms with Gasteiger partial charge >= 0.3 is 5.97 Å². The van der Waals surface area contributed by atoms with Crippen LogP contribution in [0.2, 0.25) is 5.02 Å². The molecule has 6 heteroatoms. The van der Waals surface area contributed by atoms with E-state index in [4.69, 9.17) is 16.3 Å². The molecule has 1 unspecified atom stereocenters. The Morgan fingerprint density at radius 3 is 2.74 bits per heavy atom. The van der Waals surface area contributed by atoms with Crippen LogP contribution in [0.4, 0.5) is 0 Å². The van der Waals surface area contributed by atoms with Crippen LogP contribution in [-0.2, 0) is 9.53 Å². The third kappa shape index (κ3) is 4.86. The zero-order valence-electron chi connectivity index (χ0n) is 13.0. The van der Waals surface area contributed by atoms with Gasteiger partial charge in [-0.3, -0.25) is 9.78 Å². The summed E-state index contributed by atoms with van der Waals surface area (Å²) >= 11 is 5.81. The fourth-order valence-corrected chi connectivity index (χ4v) is 2.13. The van der Waals surface area contributed by atoms with Crippen LogP contribution in [0.5, 0.6) is 11.5 Å². The molecule has 5 nitrogen and oxygen atoms in total. The van der Waals surface area contributed by atoms with Crippen molar-refractivity contribution < 1.29 is 19.4 Å². The van der Waals surface area contributed by atoms with Crippen molar-refractivity contribution in [3.8, 4) is 22.8 Å². The third-order valence-electron chi connectivity index (χ3n) is 3.29. The average Bonchev–Trinajstić information content (AvgIpc) is 2.55. The number of hydrogen-bond donors (Lipinski definition) is 1. The first-order valence-electron chi connectivity index (χ1n) is 7.18. The minimum absolute atomic E-state index is 0.0177. The second-order valence-electron chi connectivity index (χ2n) is 5.09. The molecule has 2 aromatic rings. The Kier molecular flexibility index (Phi) is 5.82. The largest absolute Gasteiger partial charge is 0.504 e. The van der Waals surface area contributed by atoms with Crippen molar-refractivity contribution in [1.29, 1.82) is 0 Å². The number of esters is 1. The van der Waals surface area contributed by atoms with Gasteiger partial charge in [-0.05, 0) is 43.7 Å². The number of phenols is 1. The molecule has 1 aromatic carbocycles. The first kappa shape index (κ1) is 17.1. The van der Waals surface area contributed by atoms with Gasteiger partial charge in [0.25, 0.3) is 0 Å². The van der Waals surface area contributed by atoms with E-state index in [-0.39, 0.29) is 24.2 Å². The Morgan fingerprint density at radius 2 is 2.13 bits per heavy atom. The highest BCUT2D eigenvalue weighted by Crippen LogP contribution is 2.32. The number of aromatic nitrogens is 1. The summed E-state index contributed by atoms with van der Waals surface area (Å²) in [4.78, 5) is 15.3. The predicted molar refractivity (Wildman–Crippen MR) is 87.7 cm³/mol. The Morgan fingerprint density at radius 1 is 1.35 bits per heavy atom. The maximum absolute atomic E-state index is 11.1. The van der Waals surface area contributed by atoms with Crippen LogP contribution < -0.4 is 4.74 Å². The van der Waals surface area contributed by atoms with Gasteiger partial charge in [0.15, 0.2) is 11.5 Å². The number of nitrogens with zero attached hydrogens (tertiary/aromatic N) is 1. The van der Waals surface area contributed by atoms with Gasteiger partial charge in [0.1, 0.15) is 0 Å². The topological polar surface area (TPSA) is 68.7 Å². The summed E-state index contributed by atoms with van der Waals surface area (Å²) in [5.41, 5.74) is 1.46. The van der Waals surface area contributed by atoms with E-state index in [1.807, 2.05) is 6.92 Å². The molecule has 0 fully saturated rings. The molecule has 23 heavy (non-hydrogen) atoms. The minimum atomic E-state index is -0.283. The van der Waals surface area contributed by atoms with E-state index in [1.165, 1.54) is 7.11 Å². The first-order chi connectivity index (χ1) is 11.0. The standard InChI is InChI=1S/C17H18ClNO4/c1-11(3-8-17(21)22-2)23-16-7-4-12(9-15(16)20)14-6-5-13(18)10-19-14/h4-7,9-11,20H,3,8H2,1-2H3. The molecular formula is C17H18ClNO4. The Balaban J connectivity index is 2.04. The fourth-order valence-electron chi connectivity index (χ4n) is 2.02. The molecule has 1 aromatic heterocycles.